The number of carbonyl (C=O) groups excluding carboxylic acids is 1. The minimum atomic E-state index is -0.299. The highest BCUT2D eigenvalue weighted by Crippen LogP contribution is 2.30. The van der Waals surface area contributed by atoms with Crippen molar-refractivity contribution < 1.29 is 4.79 Å². The Morgan fingerprint density at radius 3 is 3.00 bits per heavy atom. The Balaban J connectivity index is 1.73. The molecule has 1 amide bonds. The van der Waals surface area contributed by atoms with E-state index < -0.39 is 0 Å². The zero-order valence-corrected chi connectivity index (χ0v) is 14.8. The predicted molar refractivity (Wildman–Crippen MR) is 95.6 cm³/mol. The maximum absolute atomic E-state index is 12.8. The third-order valence-electron chi connectivity index (χ3n) is 4.24. The van der Waals surface area contributed by atoms with Crippen LogP contribution < -0.4 is 10.6 Å². The normalized spacial score (nSPS) is 14.7. The number of amides is 1. The van der Waals surface area contributed by atoms with E-state index in [1.54, 1.807) is 4.57 Å². The Labute approximate surface area is 145 Å². The van der Waals surface area contributed by atoms with Crippen molar-refractivity contribution in [3.63, 3.8) is 0 Å². The Hall–Kier alpha value is -2.02. The van der Waals surface area contributed by atoms with E-state index in [-0.39, 0.29) is 16.8 Å². The Kier molecular flexibility index (Phi) is 5.08. The molecule has 0 bridgehead atoms. The molecule has 1 atom stereocenters. The molecule has 0 aliphatic carbocycles. The fourth-order valence-electron chi connectivity index (χ4n) is 2.90. The number of hydrogen-bond donors (Lipinski definition) is 1. The second-order valence-electron chi connectivity index (χ2n) is 5.95. The lowest BCUT2D eigenvalue weighted by Crippen LogP contribution is -2.35. The van der Waals surface area contributed by atoms with Crippen LogP contribution in [-0.2, 0) is 17.8 Å². The topological polar surface area (TPSA) is 71.0 Å². The molecule has 0 saturated heterocycles. The van der Waals surface area contributed by atoms with Gasteiger partial charge in [0.2, 0.25) is 5.91 Å². The van der Waals surface area contributed by atoms with Gasteiger partial charge in [0.15, 0.2) is 5.16 Å². The van der Waals surface area contributed by atoms with Crippen molar-refractivity contribution in [2.45, 2.75) is 50.1 Å². The van der Waals surface area contributed by atoms with Gasteiger partial charge < -0.3 is 4.90 Å². The number of nitrogens with zero attached hydrogens (tertiary/aromatic N) is 3. The number of nitrogens with one attached hydrogen (secondary N) is 1. The van der Waals surface area contributed by atoms with Crippen LogP contribution in [-0.4, -0.2) is 32.5 Å². The molecule has 1 aromatic carbocycles. The van der Waals surface area contributed by atoms with E-state index in [1.165, 1.54) is 17.3 Å². The number of unbranched alkanes of at least 4 members (excludes halogenated alkanes) is 1. The summed E-state index contributed by atoms with van der Waals surface area (Å²) in [7, 11) is 0. The number of para-hydroxylation sites is 1. The van der Waals surface area contributed by atoms with Crippen LogP contribution in [0.1, 0.15) is 32.3 Å². The maximum Gasteiger partial charge on any atom is 0.343 e. The SMILES string of the molecule is CCCCn1c(SC(C)C(=O)N2CCc3ccccc32)n[nH]c1=O. The number of rotatable bonds is 6. The Bertz CT molecular complexity index is 783. The largest absolute Gasteiger partial charge is 0.343 e. The summed E-state index contributed by atoms with van der Waals surface area (Å²) in [5.74, 6) is 0.0578. The molecule has 0 saturated carbocycles. The van der Waals surface area contributed by atoms with E-state index >= 15 is 0 Å². The minimum absolute atomic E-state index is 0.0578. The van der Waals surface area contributed by atoms with Gasteiger partial charge in [-0.2, -0.15) is 0 Å². The lowest BCUT2D eigenvalue weighted by Gasteiger charge is -2.21. The number of anilines is 1. The fourth-order valence-corrected chi connectivity index (χ4v) is 3.85. The van der Waals surface area contributed by atoms with Gasteiger partial charge in [-0.1, -0.05) is 43.3 Å². The smallest absolute Gasteiger partial charge is 0.311 e. The lowest BCUT2D eigenvalue weighted by atomic mass is 10.2. The van der Waals surface area contributed by atoms with Crippen LogP contribution >= 0.6 is 11.8 Å². The van der Waals surface area contributed by atoms with Gasteiger partial charge in [-0.3, -0.25) is 9.36 Å². The molecule has 0 fully saturated rings. The summed E-state index contributed by atoms with van der Waals surface area (Å²) >= 11 is 1.34. The number of aromatic amines is 1. The van der Waals surface area contributed by atoms with Crippen LogP contribution in [0.4, 0.5) is 5.69 Å². The molecular weight excluding hydrogens is 324 g/mol. The van der Waals surface area contributed by atoms with Gasteiger partial charge in [0.1, 0.15) is 0 Å². The zero-order chi connectivity index (χ0) is 17.1. The van der Waals surface area contributed by atoms with Crippen molar-refractivity contribution in [2.24, 2.45) is 0 Å². The first-order chi connectivity index (χ1) is 11.6. The van der Waals surface area contributed by atoms with Gasteiger partial charge in [-0.15, -0.1) is 5.10 Å². The van der Waals surface area contributed by atoms with Gasteiger partial charge >= 0.3 is 5.69 Å². The summed E-state index contributed by atoms with van der Waals surface area (Å²) in [5.41, 5.74) is 2.00. The number of benzene rings is 1. The van der Waals surface area contributed by atoms with Crippen molar-refractivity contribution in [3.05, 3.63) is 40.3 Å². The molecule has 2 aromatic rings. The number of carbonyl (C=O) groups is 1. The summed E-state index contributed by atoms with van der Waals surface area (Å²) in [6.07, 6.45) is 2.80. The molecule has 1 N–H and O–H groups in total. The van der Waals surface area contributed by atoms with E-state index in [0.29, 0.717) is 18.2 Å². The van der Waals surface area contributed by atoms with E-state index in [2.05, 4.69) is 23.2 Å². The maximum atomic E-state index is 12.8. The van der Waals surface area contributed by atoms with E-state index in [0.717, 1.165) is 24.9 Å². The number of H-pyrrole nitrogens is 1. The van der Waals surface area contributed by atoms with Crippen molar-refractivity contribution in [3.8, 4) is 0 Å². The monoisotopic (exact) mass is 346 g/mol. The quantitative estimate of drug-likeness (QED) is 0.816. The van der Waals surface area contributed by atoms with Crippen LogP contribution in [0, 0.1) is 0 Å². The molecule has 7 heteroatoms. The lowest BCUT2D eigenvalue weighted by molar-refractivity contribution is -0.117. The number of thioether (sulfide) groups is 1. The first-order valence-corrected chi connectivity index (χ1v) is 9.21. The van der Waals surface area contributed by atoms with Crippen molar-refractivity contribution in [2.75, 3.05) is 11.4 Å². The van der Waals surface area contributed by atoms with Crippen LogP contribution in [0.2, 0.25) is 0 Å². The molecule has 128 valence electrons. The third kappa shape index (κ3) is 3.26. The summed E-state index contributed by atoms with van der Waals surface area (Å²) < 4.78 is 1.62. The highest BCUT2D eigenvalue weighted by Gasteiger charge is 2.29. The number of hydrogen-bond acceptors (Lipinski definition) is 4. The molecule has 1 aliphatic rings. The molecule has 2 heterocycles. The van der Waals surface area contributed by atoms with Crippen molar-refractivity contribution >= 4 is 23.4 Å². The highest BCUT2D eigenvalue weighted by molar-refractivity contribution is 8.00. The molecule has 1 aromatic heterocycles. The van der Waals surface area contributed by atoms with Gasteiger partial charge in [0.25, 0.3) is 0 Å². The fraction of sp³-hybridized carbons (Fsp3) is 0.471. The Morgan fingerprint density at radius 2 is 2.21 bits per heavy atom. The third-order valence-corrected chi connectivity index (χ3v) is 5.32. The second kappa shape index (κ2) is 7.25. The zero-order valence-electron chi connectivity index (χ0n) is 14.0. The molecular formula is C17H22N4O2S. The summed E-state index contributed by atoms with van der Waals surface area (Å²) in [4.78, 5) is 26.5. The van der Waals surface area contributed by atoms with Crippen LogP contribution in [0.25, 0.3) is 0 Å². The van der Waals surface area contributed by atoms with Gasteiger partial charge in [-0.25, -0.2) is 9.89 Å². The van der Waals surface area contributed by atoms with Gasteiger partial charge in [0.05, 0.1) is 5.25 Å². The molecule has 6 nitrogen and oxygen atoms in total. The first kappa shape index (κ1) is 16.8. The molecule has 3 rings (SSSR count). The van der Waals surface area contributed by atoms with E-state index in [4.69, 9.17) is 0 Å². The highest BCUT2D eigenvalue weighted by atomic mass is 32.2. The van der Waals surface area contributed by atoms with E-state index in [9.17, 15) is 9.59 Å². The molecule has 0 radical (unpaired) electrons. The van der Waals surface area contributed by atoms with E-state index in [1.807, 2.05) is 30.0 Å². The van der Waals surface area contributed by atoms with Crippen LogP contribution in [0.15, 0.2) is 34.2 Å². The van der Waals surface area contributed by atoms with Crippen molar-refractivity contribution in [1.29, 1.82) is 0 Å². The van der Waals surface area contributed by atoms with Gasteiger partial charge in [0, 0.05) is 18.8 Å². The summed E-state index contributed by atoms with van der Waals surface area (Å²) in [5, 5.41) is 6.85. The minimum Gasteiger partial charge on any atom is -0.311 e. The average molecular weight is 346 g/mol. The summed E-state index contributed by atoms with van der Waals surface area (Å²) in [6.45, 7) is 5.29. The number of fused-ring (bicyclic) bond motifs is 1. The molecule has 0 spiro atoms. The second-order valence-corrected chi connectivity index (χ2v) is 7.25. The predicted octanol–water partition coefficient (Wildman–Crippen LogP) is 2.44. The van der Waals surface area contributed by atoms with Crippen molar-refractivity contribution in [1.82, 2.24) is 14.8 Å². The molecule has 24 heavy (non-hydrogen) atoms. The van der Waals surface area contributed by atoms with Gasteiger partial charge in [-0.05, 0) is 31.4 Å². The van der Waals surface area contributed by atoms with Crippen LogP contribution in [0.5, 0.6) is 0 Å². The average Bonchev–Trinajstić information content (AvgIpc) is 3.16. The molecule has 1 unspecified atom stereocenters. The molecule has 1 aliphatic heterocycles. The Morgan fingerprint density at radius 1 is 1.42 bits per heavy atom. The number of aromatic nitrogens is 3. The standard InChI is InChI=1S/C17H22N4O2S/c1-3-4-10-21-16(23)18-19-17(21)24-12(2)15(22)20-11-9-13-7-5-6-8-14(13)20/h5-8,12H,3-4,9-11H2,1-2H3,(H,18,23). The first-order valence-electron chi connectivity index (χ1n) is 8.33. The van der Waals surface area contributed by atoms with Crippen LogP contribution in [0.3, 0.4) is 0 Å². The summed E-state index contributed by atoms with van der Waals surface area (Å²) in [6, 6.07) is 8.01.